The van der Waals surface area contributed by atoms with Gasteiger partial charge in [-0.2, -0.15) is 0 Å². The third-order valence-electron chi connectivity index (χ3n) is 6.50. The molecule has 32 heavy (non-hydrogen) atoms. The summed E-state index contributed by atoms with van der Waals surface area (Å²) in [5.74, 6) is 0.337. The number of anilines is 1. The molecular weight excluding hydrogens is 418 g/mol. The van der Waals surface area contributed by atoms with Crippen LogP contribution in [-0.4, -0.2) is 34.8 Å². The molecule has 0 spiro atoms. The average molecular weight is 448 g/mol. The zero-order valence-corrected chi connectivity index (χ0v) is 19.5. The van der Waals surface area contributed by atoms with Crippen LogP contribution in [0.2, 0.25) is 0 Å². The third kappa shape index (κ3) is 4.29. The number of piperidine rings is 1. The van der Waals surface area contributed by atoms with Crippen LogP contribution >= 0.6 is 11.3 Å². The Kier molecular flexibility index (Phi) is 5.72. The Hall–Kier alpha value is -2.73. The van der Waals surface area contributed by atoms with Crippen molar-refractivity contribution in [2.45, 2.75) is 46.1 Å². The maximum atomic E-state index is 13.8. The summed E-state index contributed by atoms with van der Waals surface area (Å²) >= 11 is 1.59. The van der Waals surface area contributed by atoms with Crippen molar-refractivity contribution in [3.8, 4) is 0 Å². The number of carbonyl (C=O) groups is 2. The number of hydrogen-bond donors (Lipinski definition) is 0. The molecule has 5 nitrogen and oxygen atoms in total. The van der Waals surface area contributed by atoms with Gasteiger partial charge in [0, 0.05) is 19.0 Å². The topological polar surface area (TPSA) is 53.5 Å². The fourth-order valence-corrected chi connectivity index (χ4v) is 5.69. The minimum atomic E-state index is -0.176. The molecule has 2 fully saturated rings. The molecule has 1 aliphatic heterocycles. The number of amides is 2. The quantitative estimate of drug-likeness (QED) is 0.547. The summed E-state index contributed by atoms with van der Waals surface area (Å²) in [6, 6.07) is 14.3. The highest BCUT2D eigenvalue weighted by Gasteiger charge is 2.38. The molecular formula is C26H29N3O2S. The van der Waals surface area contributed by atoms with Crippen LogP contribution in [0.4, 0.5) is 5.13 Å². The molecule has 2 aromatic carbocycles. The van der Waals surface area contributed by atoms with Crippen LogP contribution in [-0.2, 0) is 16.1 Å². The number of fused-ring (bicyclic) bond motifs is 1. The van der Waals surface area contributed by atoms with Crippen LogP contribution in [0.5, 0.6) is 0 Å². The molecule has 3 aromatic rings. The first kappa shape index (κ1) is 21.1. The molecule has 1 saturated carbocycles. The van der Waals surface area contributed by atoms with Crippen molar-refractivity contribution in [2.75, 3.05) is 18.0 Å². The van der Waals surface area contributed by atoms with E-state index in [1.165, 1.54) is 11.1 Å². The summed E-state index contributed by atoms with van der Waals surface area (Å²) in [5.41, 5.74) is 4.39. The van der Waals surface area contributed by atoms with Crippen LogP contribution in [0.1, 0.15) is 42.4 Å². The Balaban J connectivity index is 1.46. The van der Waals surface area contributed by atoms with Gasteiger partial charge in [-0.15, -0.1) is 0 Å². The van der Waals surface area contributed by atoms with E-state index in [0.29, 0.717) is 13.1 Å². The van der Waals surface area contributed by atoms with Gasteiger partial charge in [0.05, 0.1) is 22.7 Å². The van der Waals surface area contributed by atoms with Crippen molar-refractivity contribution in [2.24, 2.45) is 11.8 Å². The minimum absolute atomic E-state index is 0.0792. The standard InChI is InChI=1S/C26H29N3O2S/c1-17-13-18(2)23-22(14-17)27-26(32-23)29(15-19-7-4-3-5-8-19)25(31)21-9-6-12-28(16-21)24(30)20-10-11-20/h3-5,7-8,13-14,20-21H,6,9-12,15-16H2,1-2H3. The van der Waals surface area contributed by atoms with Gasteiger partial charge in [0.25, 0.3) is 0 Å². The summed E-state index contributed by atoms with van der Waals surface area (Å²) in [7, 11) is 0. The Morgan fingerprint density at radius 3 is 2.62 bits per heavy atom. The van der Waals surface area contributed by atoms with Crippen LogP contribution < -0.4 is 4.90 Å². The van der Waals surface area contributed by atoms with Crippen molar-refractivity contribution < 1.29 is 9.59 Å². The lowest BCUT2D eigenvalue weighted by atomic mass is 9.96. The summed E-state index contributed by atoms with van der Waals surface area (Å²) in [6.07, 6.45) is 3.70. The molecule has 2 amide bonds. The number of aryl methyl sites for hydroxylation is 2. The Morgan fingerprint density at radius 2 is 1.88 bits per heavy atom. The Morgan fingerprint density at radius 1 is 1.09 bits per heavy atom. The molecule has 0 N–H and O–H groups in total. The largest absolute Gasteiger partial charge is 0.342 e. The minimum Gasteiger partial charge on any atom is -0.342 e. The highest BCUT2D eigenvalue weighted by Crippen LogP contribution is 2.36. The van der Waals surface area contributed by atoms with Crippen molar-refractivity contribution in [1.29, 1.82) is 0 Å². The van der Waals surface area contributed by atoms with Crippen molar-refractivity contribution in [3.63, 3.8) is 0 Å². The maximum absolute atomic E-state index is 13.8. The smallest absolute Gasteiger partial charge is 0.233 e. The van der Waals surface area contributed by atoms with E-state index in [4.69, 9.17) is 4.98 Å². The molecule has 2 aliphatic rings. The molecule has 1 saturated heterocycles. The fourth-order valence-electron chi connectivity index (χ4n) is 4.67. The number of hydrogen-bond acceptors (Lipinski definition) is 4. The van der Waals surface area contributed by atoms with Gasteiger partial charge in [-0.05, 0) is 62.3 Å². The predicted octanol–water partition coefficient (Wildman–Crippen LogP) is 5.09. The summed E-state index contributed by atoms with van der Waals surface area (Å²) in [4.78, 5) is 35.1. The molecule has 0 bridgehead atoms. The van der Waals surface area contributed by atoms with E-state index in [-0.39, 0.29) is 23.7 Å². The van der Waals surface area contributed by atoms with Crippen molar-refractivity contribution >= 4 is 38.5 Å². The van der Waals surface area contributed by atoms with Crippen LogP contribution in [0.25, 0.3) is 10.2 Å². The number of likely N-dealkylation sites (tertiary alicyclic amines) is 1. The lowest BCUT2D eigenvalue weighted by Crippen LogP contribution is -2.47. The second-order valence-electron chi connectivity index (χ2n) is 9.23. The fraction of sp³-hybridized carbons (Fsp3) is 0.423. The lowest BCUT2D eigenvalue weighted by Gasteiger charge is -2.34. The van der Waals surface area contributed by atoms with E-state index in [1.54, 1.807) is 11.3 Å². The van der Waals surface area contributed by atoms with E-state index >= 15 is 0 Å². The van der Waals surface area contributed by atoms with Crippen LogP contribution in [0, 0.1) is 25.7 Å². The second kappa shape index (κ2) is 8.66. The average Bonchev–Trinajstić information content (AvgIpc) is 3.56. The SMILES string of the molecule is Cc1cc(C)c2sc(N(Cc3ccccc3)C(=O)C3CCCN(C(=O)C4CC4)C3)nc2c1. The Bertz CT molecular complexity index is 1150. The first-order chi connectivity index (χ1) is 15.5. The second-order valence-corrected chi connectivity index (χ2v) is 10.2. The van der Waals surface area contributed by atoms with Crippen LogP contribution in [0.15, 0.2) is 42.5 Å². The van der Waals surface area contributed by atoms with Gasteiger partial charge >= 0.3 is 0 Å². The van der Waals surface area contributed by atoms with Gasteiger partial charge < -0.3 is 4.90 Å². The summed E-state index contributed by atoms with van der Waals surface area (Å²) in [6.45, 7) is 5.97. The molecule has 5 rings (SSSR count). The third-order valence-corrected chi connectivity index (χ3v) is 7.73. The van der Waals surface area contributed by atoms with Crippen molar-refractivity contribution in [1.82, 2.24) is 9.88 Å². The van der Waals surface area contributed by atoms with Gasteiger partial charge in [-0.3, -0.25) is 14.5 Å². The number of thiazole rings is 1. The monoisotopic (exact) mass is 447 g/mol. The number of benzene rings is 2. The van der Waals surface area contributed by atoms with E-state index in [1.807, 2.05) is 40.1 Å². The first-order valence-electron chi connectivity index (χ1n) is 11.5. The molecule has 0 radical (unpaired) electrons. The lowest BCUT2D eigenvalue weighted by molar-refractivity contribution is -0.136. The van der Waals surface area contributed by atoms with Gasteiger partial charge in [-0.25, -0.2) is 4.98 Å². The van der Waals surface area contributed by atoms with E-state index in [0.717, 1.165) is 53.1 Å². The Labute approximate surface area is 193 Å². The molecule has 1 aromatic heterocycles. The highest BCUT2D eigenvalue weighted by atomic mass is 32.1. The van der Waals surface area contributed by atoms with E-state index < -0.39 is 0 Å². The number of rotatable bonds is 5. The summed E-state index contributed by atoms with van der Waals surface area (Å²) in [5, 5.41) is 0.744. The molecule has 1 aliphatic carbocycles. The molecule has 1 unspecified atom stereocenters. The molecule has 2 heterocycles. The zero-order chi connectivity index (χ0) is 22.2. The van der Waals surface area contributed by atoms with E-state index in [2.05, 4.69) is 26.0 Å². The molecule has 1 atom stereocenters. The zero-order valence-electron chi connectivity index (χ0n) is 18.7. The van der Waals surface area contributed by atoms with Crippen LogP contribution in [0.3, 0.4) is 0 Å². The summed E-state index contributed by atoms with van der Waals surface area (Å²) < 4.78 is 1.13. The van der Waals surface area contributed by atoms with Gasteiger partial charge in [0.1, 0.15) is 0 Å². The number of carbonyl (C=O) groups excluding carboxylic acids is 2. The normalized spacial score (nSPS) is 18.7. The van der Waals surface area contributed by atoms with Gasteiger partial charge in [-0.1, -0.05) is 47.7 Å². The number of aromatic nitrogens is 1. The predicted molar refractivity (Wildman–Crippen MR) is 129 cm³/mol. The first-order valence-corrected chi connectivity index (χ1v) is 12.3. The maximum Gasteiger partial charge on any atom is 0.233 e. The van der Waals surface area contributed by atoms with Gasteiger partial charge in [0.15, 0.2) is 5.13 Å². The van der Waals surface area contributed by atoms with E-state index in [9.17, 15) is 9.59 Å². The van der Waals surface area contributed by atoms with Crippen molar-refractivity contribution in [3.05, 3.63) is 59.2 Å². The molecule has 166 valence electrons. The highest BCUT2D eigenvalue weighted by molar-refractivity contribution is 7.22. The number of nitrogens with zero attached hydrogens (tertiary/aromatic N) is 3. The van der Waals surface area contributed by atoms with Gasteiger partial charge in [0.2, 0.25) is 11.8 Å². The molecule has 6 heteroatoms.